The van der Waals surface area contributed by atoms with Crippen LogP contribution in [0.5, 0.6) is 5.75 Å². The van der Waals surface area contributed by atoms with Gasteiger partial charge >= 0.3 is 0 Å². The third kappa shape index (κ3) is 3.96. The first-order chi connectivity index (χ1) is 12.6. The molecule has 0 bridgehead atoms. The maximum Gasteiger partial charge on any atom is 0.286 e. The molecule has 2 amide bonds. The Hall–Kier alpha value is -3.03. The minimum Gasteiger partial charge on any atom is -0.490 e. The van der Waals surface area contributed by atoms with E-state index in [1.165, 1.54) is 0 Å². The number of aliphatic hydroxyl groups excluding tert-OH is 1. The van der Waals surface area contributed by atoms with Crippen LogP contribution in [0.15, 0.2) is 48.5 Å². The first kappa shape index (κ1) is 17.8. The lowest BCUT2D eigenvalue weighted by molar-refractivity contribution is 0.0841. The summed E-state index contributed by atoms with van der Waals surface area (Å²) in [6, 6.07) is 13.4. The predicted octanol–water partition coefficient (Wildman–Crippen LogP) is 2.27. The quantitative estimate of drug-likeness (QED) is 0.515. The summed E-state index contributed by atoms with van der Waals surface area (Å²) in [5, 5.41) is 10.2. The zero-order chi connectivity index (χ0) is 18.5. The summed E-state index contributed by atoms with van der Waals surface area (Å²) in [5.41, 5.74) is 5.97. The number of fused-ring (bicyclic) bond motifs is 1. The molecule has 3 aromatic rings. The SMILES string of the molecule is O=C(NNC(=O)c1ccccc1OCCO)c1cc2cc(Cl)ccc2[nH]1. The molecule has 7 nitrogen and oxygen atoms in total. The Morgan fingerprint density at radius 1 is 1.08 bits per heavy atom. The molecule has 134 valence electrons. The molecule has 4 N–H and O–H groups in total. The summed E-state index contributed by atoms with van der Waals surface area (Å²) in [4.78, 5) is 27.5. The number of aliphatic hydroxyl groups is 1. The molecule has 26 heavy (non-hydrogen) atoms. The van der Waals surface area contributed by atoms with Crippen LogP contribution in [-0.2, 0) is 0 Å². The fraction of sp³-hybridized carbons (Fsp3) is 0.111. The van der Waals surface area contributed by atoms with Crippen molar-refractivity contribution in [1.82, 2.24) is 15.8 Å². The number of hydrogen-bond donors (Lipinski definition) is 4. The molecular formula is C18H16ClN3O4. The third-order valence-corrected chi connectivity index (χ3v) is 3.83. The zero-order valence-corrected chi connectivity index (χ0v) is 14.3. The third-order valence-electron chi connectivity index (χ3n) is 3.60. The van der Waals surface area contributed by atoms with Crippen LogP contribution in [-0.4, -0.2) is 35.1 Å². The Labute approximate surface area is 153 Å². The molecule has 1 aromatic heterocycles. The number of benzene rings is 2. The molecule has 0 radical (unpaired) electrons. The number of amides is 2. The normalized spacial score (nSPS) is 10.5. The summed E-state index contributed by atoms with van der Waals surface area (Å²) >= 11 is 5.93. The van der Waals surface area contributed by atoms with E-state index in [2.05, 4.69) is 15.8 Å². The van der Waals surface area contributed by atoms with E-state index in [9.17, 15) is 9.59 Å². The molecule has 3 rings (SSSR count). The van der Waals surface area contributed by atoms with Gasteiger partial charge in [0.05, 0.1) is 12.2 Å². The van der Waals surface area contributed by atoms with Crippen LogP contribution in [0, 0.1) is 0 Å². The highest BCUT2D eigenvalue weighted by molar-refractivity contribution is 6.31. The predicted molar refractivity (Wildman–Crippen MR) is 97.3 cm³/mol. The van der Waals surface area contributed by atoms with Crippen LogP contribution in [0.3, 0.4) is 0 Å². The van der Waals surface area contributed by atoms with E-state index in [1.807, 2.05) is 0 Å². The molecule has 0 atom stereocenters. The Morgan fingerprint density at radius 3 is 2.65 bits per heavy atom. The van der Waals surface area contributed by atoms with E-state index < -0.39 is 11.8 Å². The Morgan fingerprint density at radius 2 is 1.85 bits per heavy atom. The number of ether oxygens (including phenoxy) is 1. The second-order valence-corrected chi connectivity index (χ2v) is 5.83. The van der Waals surface area contributed by atoms with Crippen molar-refractivity contribution in [2.45, 2.75) is 0 Å². The van der Waals surface area contributed by atoms with Crippen molar-refractivity contribution in [2.24, 2.45) is 0 Å². The van der Waals surface area contributed by atoms with Gasteiger partial charge in [0.15, 0.2) is 0 Å². The fourth-order valence-corrected chi connectivity index (χ4v) is 2.59. The van der Waals surface area contributed by atoms with E-state index in [4.69, 9.17) is 21.4 Å². The van der Waals surface area contributed by atoms with Gasteiger partial charge in [0.1, 0.15) is 18.1 Å². The number of hydrogen-bond acceptors (Lipinski definition) is 4. The summed E-state index contributed by atoms with van der Waals surface area (Å²) < 4.78 is 5.31. The Kier molecular flexibility index (Phi) is 5.40. The summed E-state index contributed by atoms with van der Waals surface area (Å²) in [6.45, 7) is -0.106. The molecule has 0 aliphatic heterocycles. The van der Waals surface area contributed by atoms with E-state index in [1.54, 1.807) is 48.5 Å². The maximum atomic E-state index is 12.3. The van der Waals surface area contributed by atoms with E-state index in [0.29, 0.717) is 10.8 Å². The lowest BCUT2D eigenvalue weighted by atomic mass is 10.2. The largest absolute Gasteiger partial charge is 0.490 e. The number of nitrogens with one attached hydrogen (secondary N) is 3. The summed E-state index contributed by atoms with van der Waals surface area (Å²) in [5.74, 6) is -0.723. The van der Waals surface area contributed by atoms with Gasteiger partial charge in [-0.15, -0.1) is 0 Å². The molecule has 0 unspecified atom stereocenters. The number of rotatable bonds is 5. The smallest absolute Gasteiger partial charge is 0.286 e. The van der Waals surface area contributed by atoms with E-state index >= 15 is 0 Å². The number of H-pyrrole nitrogens is 1. The van der Waals surface area contributed by atoms with Crippen LogP contribution in [0.25, 0.3) is 10.9 Å². The van der Waals surface area contributed by atoms with Crippen molar-refractivity contribution in [1.29, 1.82) is 0 Å². The molecule has 1 heterocycles. The van der Waals surface area contributed by atoms with Crippen molar-refractivity contribution in [3.05, 3.63) is 64.8 Å². The van der Waals surface area contributed by atoms with Gasteiger partial charge in [-0.3, -0.25) is 20.4 Å². The van der Waals surface area contributed by atoms with Gasteiger partial charge in [-0.25, -0.2) is 0 Å². The number of para-hydroxylation sites is 1. The van der Waals surface area contributed by atoms with Crippen LogP contribution in [0.2, 0.25) is 5.02 Å². The number of hydrazine groups is 1. The molecule has 0 spiro atoms. The highest BCUT2D eigenvalue weighted by atomic mass is 35.5. The first-order valence-electron chi connectivity index (χ1n) is 7.80. The van der Waals surface area contributed by atoms with Crippen LogP contribution >= 0.6 is 11.6 Å². The van der Waals surface area contributed by atoms with E-state index in [-0.39, 0.29) is 24.5 Å². The molecule has 2 aromatic carbocycles. The van der Waals surface area contributed by atoms with Crippen LogP contribution < -0.4 is 15.6 Å². The molecule has 0 saturated heterocycles. The van der Waals surface area contributed by atoms with Gasteiger partial charge in [-0.1, -0.05) is 23.7 Å². The molecule has 0 saturated carbocycles. The first-order valence-corrected chi connectivity index (χ1v) is 8.18. The van der Waals surface area contributed by atoms with Crippen molar-refractivity contribution >= 4 is 34.3 Å². The van der Waals surface area contributed by atoms with Gasteiger partial charge < -0.3 is 14.8 Å². The molecule has 8 heteroatoms. The lowest BCUT2D eigenvalue weighted by Gasteiger charge is -2.11. The minimum atomic E-state index is -0.536. The average Bonchev–Trinajstić information content (AvgIpc) is 3.07. The number of carbonyl (C=O) groups is 2. The average molecular weight is 374 g/mol. The van der Waals surface area contributed by atoms with Crippen LogP contribution in [0.1, 0.15) is 20.8 Å². The number of aromatic amines is 1. The van der Waals surface area contributed by atoms with Crippen LogP contribution in [0.4, 0.5) is 0 Å². The van der Waals surface area contributed by atoms with E-state index in [0.717, 1.165) is 10.9 Å². The zero-order valence-electron chi connectivity index (χ0n) is 13.6. The summed E-state index contributed by atoms with van der Waals surface area (Å²) in [6.07, 6.45) is 0. The monoisotopic (exact) mass is 373 g/mol. The molecular weight excluding hydrogens is 358 g/mol. The number of carbonyl (C=O) groups excluding carboxylic acids is 2. The minimum absolute atomic E-state index is 0.0638. The van der Waals surface area contributed by atoms with Gasteiger partial charge in [0, 0.05) is 15.9 Å². The number of halogens is 1. The van der Waals surface area contributed by atoms with Gasteiger partial charge in [-0.05, 0) is 36.4 Å². The Balaban J connectivity index is 1.68. The second-order valence-electron chi connectivity index (χ2n) is 5.39. The summed E-state index contributed by atoms with van der Waals surface area (Å²) in [7, 11) is 0. The number of aromatic nitrogens is 1. The second kappa shape index (κ2) is 7.90. The van der Waals surface area contributed by atoms with Gasteiger partial charge in [0.25, 0.3) is 11.8 Å². The lowest BCUT2D eigenvalue weighted by Crippen LogP contribution is -2.41. The standard InChI is InChI=1S/C18H16ClN3O4/c19-12-5-6-14-11(9-12)10-15(20-14)18(25)22-21-17(24)13-3-1-2-4-16(13)26-8-7-23/h1-6,9-10,20,23H,7-8H2,(H,21,24)(H,22,25). The van der Waals surface area contributed by atoms with Crippen molar-refractivity contribution in [3.63, 3.8) is 0 Å². The topological polar surface area (TPSA) is 103 Å². The van der Waals surface area contributed by atoms with Crippen molar-refractivity contribution in [3.8, 4) is 5.75 Å². The molecule has 0 aliphatic carbocycles. The Bertz CT molecular complexity index is 955. The highest BCUT2D eigenvalue weighted by Crippen LogP contribution is 2.20. The van der Waals surface area contributed by atoms with Gasteiger partial charge in [0.2, 0.25) is 0 Å². The van der Waals surface area contributed by atoms with Crippen molar-refractivity contribution in [2.75, 3.05) is 13.2 Å². The fourth-order valence-electron chi connectivity index (χ4n) is 2.41. The van der Waals surface area contributed by atoms with Crippen molar-refractivity contribution < 1.29 is 19.4 Å². The van der Waals surface area contributed by atoms with Gasteiger partial charge in [-0.2, -0.15) is 0 Å². The highest BCUT2D eigenvalue weighted by Gasteiger charge is 2.15. The molecule has 0 aliphatic rings. The molecule has 0 fully saturated rings. The maximum absolute atomic E-state index is 12.3.